The highest BCUT2D eigenvalue weighted by Crippen LogP contribution is 2.69. The molecule has 5 heterocycles. The highest BCUT2D eigenvalue weighted by atomic mass is 31.1. The zero-order valence-electron chi connectivity index (χ0n) is 18.2. The SMILES string of the molecule is C[C@H]1[C@H]2OC(C)(C)OC2[C@@H]2C[C@H]3C4OC(C)(C)O[C@@H]4[C@H](C)P3c3ccccc3P21. The monoisotopic (exact) mass is 434 g/mol. The molecule has 0 amide bonds. The van der Waals surface area contributed by atoms with Crippen molar-refractivity contribution in [2.24, 2.45) is 0 Å². The van der Waals surface area contributed by atoms with Gasteiger partial charge in [-0.2, -0.15) is 0 Å². The Morgan fingerprint density at radius 3 is 1.48 bits per heavy atom. The number of rotatable bonds is 0. The minimum atomic E-state index is -0.470. The van der Waals surface area contributed by atoms with Gasteiger partial charge in [-0.3, -0.25) is 0 Å². The van der Waals surface area contributed by atoms with Gasteiger partial charge < -0.3 is 18.9 Å². The summed E-state index contributed by atoms with van der Waals surface area (Å²) in [4.78, 5) is 0. The minimum Gasteiger partial charge on any atom is -0.344 e. The Morgan fingerprint density at radius 2 is 1.07 bits per heavy atom. The average molecular weight is 434 g/mol. The van der Waals surface area contributed by atoms with Crippen molar-refractivity contribution in [3.63, 3.8) is 0 Å². The summed E-state index contributed by atoms with van der Waals surface area (Å²) in [5.41, 5.74) is 2.15. The van der Waals surface area contributed by atoms with Gasteiger partial charge in [-0.05, 0) is 44.7 Å². The van der Waals surface area contributed by atoms with Crippen molar-refractivity contribution >= 4 is 26.5 Å². The Labute approximate surface area is 176 Å². The van der Waals surface area contributed by atoms with Crippen molar-refractivity contribution in [1.29, 1.82) is 0 Å². The molecule has 4 nitrogen and oxygen atoms in total. The molecule has 1 aromatic carbocycles. The van der Waals surface area contributed by atoms with Crippen LogP contribution in [0.5, 0.6) is 0 Å². The van der Waals surface area contributed by atoms with Gasteiger partial charge in [0.15, 0.2) is 11.6 Å². The normalized spacial score (nSPS) is 51.0. The van der Waals surface area contributed by atoms with E-state index in [4.69, 9.17) is 18.9 Å². The van der Waals surface area contributed by atoms with E-state index in [2.05, 4.69) is 65.8 Å². The van der Waals surface area contributed by atoms with Gasteiger partial charge in [-0.25, -0.2) is 0 Å². The van der Waals surface area contributed by atoms with E-state index in [9.17, 15) is 0 Å². The molecule has 4 fully saturated rings. The van der Waals surface area contributed by atoms with Crippen molar-refractivity contribution in [3.05, 3.63) is 24.3 Å². The van der Waals surface area contributed by atoms with Gasteiger partial charge in [0, 0.05) is 22.6 Å². The second-order valence-electron chi connectivity index (χ2n) is 10.3. The van der Waals surface area contributed by atoms with Crippen LogP contribution < -0.4 is 10.6 Å². The molecule has 0 bridgehead atoms. The molecule has 6 rings (SSSR count). The standard InChI is InChI=1S/C23H32O4P2/c1-12-18-20(26-22(3,4)24-18)16-11-17-21-19(25-23(5,6)27-21)13(2)29(17)15-10-8-7-9-14(15)28(12)16/h7-10,12-13,16-21H,11H2,1-6H3/t12-,13-,16-,17-,18+,19+,20?,21?,28?,29?/m0/s1. The molecule has 4 unspecified atom stereocenters. The van der Waals surface area contributed by atoms with E-state index < -0.39 is 11.6 Å². The average Bonchev–Trinajstić information content (AvgIpc) is 3.24. The van der Waals surface area contributed by atoms with Crippen molar-refractivity contribution < 1.29 is 18.9 Å². The lowest BCUT2D eigenvalue weighted by molar-refractivity contribution is -0.149. The summed E-state index contributed by atoms with van der Waals surface area (Å²) in [5, 5.41) is 3.22. The summed E-state index contributed by atoms with van der Waals surface area (Å²) >= 11 is 0. The van der Waals surface area contributed by atoms with Gasteiger partial charge >= 0.3 is 0 Å². The first-order valence-corrected chi connectivity index (χ1v) is 14.0. The largest absolute Gasteiger partial charge is 0.344 e. The molecule has 5 aliphatic rings. The molecule has 0 spiro atoms. The molecule has 5 aliphatic heterocycles. The number of hydrogen-bond acceptors (Lipinski definition) is 4. The Morgan fingerprint density at radius 1 is 0.690 bits per heavy atom. The molecule has 0 N–H and O–H groups in total. The number of benzene rings is 1. The van der Waals surface area contributed by atoms with Crippen molar-refractivity contribution in [2.45, 2.75) is 107 Å². The third-order valence-electron chi connectivity index (χ3n) is 7.55. The molecule has 0 aliphatic carbocycles. The molecular formula is C23H32O4P2. The Balaban J connectivity index is 1.47. The van der Waals surface area contributed by atoms with Gasteiger partial charge in [0.2, 0.25) is 0 Å². The molecule has 6 heteroatoms. The van der Waals surface area contributed by atoms with Gasteiger partial charge in [0.1, 0.15) is 0 Å². The third kappa shape index (κ3) is 2.73. The first-order valence-electron chi connectivity index (χ1n) is 11.0. The fraction of sp³-hybridized carbons (Fsp3) is 0.739. The van der Waals surface area contributed by atoms with Crippen molar-refractivity contribution in [3.8, 4) is 0 Å². The van der Waals surface area contributed by atoms with Crippen LogP contribution in [0.4, 0.5) is 0 Å². The van der Waals surface area contributed by atoms with E-state index in [1.807, 2.05) is 0 Å². The van der Waals surface area contributed by atoms with E-state index in [-0.39, 0.29) is 40.3 Å². The van der Waals surface area contributed by atoms with Crippen LogP contribution in [0.1, 0.15) is 48.0 Å². The van der Waals surface area contributed by atoms with Crippen LogP contribution in [0.25, 0.3) is 0 Å². The van der Waals surface area contributed by atoms with Crippen molar-refractivity contribution in [1.82, 2.24) is 0 Å². The fourth-order valence-corrected chi connectivity index (χ4v) is 14.6. The molecule has 0 radical (unpaired) electrons. The number of hydrogen-bond donors (Lipinski definition) is 0. The smallest absolute Gasteiger partial charge is 0.163 e. The van der Waals surface area contributed by atoms with E-state index in [1.54, 1.807) is 10.6 Å². The summed E-state index contributed by atoms with van der Waals surface area (Å²) in [5.74, 6) is -0.940. The lowest BCUT2D eigenvalue weighted by Crippen LogP contribution is -2.35. The van der Waals surface area contributed by atoms with Crippen LogP contribution in [0.2, 0.25) is 0 Å². The maximum absolute atomic E-state index is 6.54. The minimum absolute atomic E-state index is 0.207. The van der Waals surface area contributed by atoms with Crippen LogP contribution in [0, 0.1) is 0 Å². The van der Waals surface area contributed by atoms with Crippen molar-refractivity contribution in [2.75, 3.05) is 0 Å². The van der Waals surface area contributed by atoms with Gasteiger partial charge in [0.05, 0.1) is 24.4 Å². The molecule has 158 valence electrons. The summed E-state index contributed by atoms with van der Waals surface area (Å²) in [7, 11) is -0.628. The third-order valence-corrected chi connectivity index (χ3v) is 14.4. The number of fused-ring (bicyclic) bond motifs is 9. The van der Waals surface area contributed by atoms with Gasteiger partial charge in [0.25, 0.3) is 0 Å². The summed E-state index contributed by atoms with van der Waals surface area (Å²) in [6, 6.07) is 9.29. The highest BCUT2D eigenvalue weighted by Gasteiger charge is 2.64. The van der Waals surface area contributed by atoms with E-state index in [1.165, 1.54) is 6.42 Å². The van der Waals surface area contributed by atoms with Gasteiger partial charge in [-0.1, -0.05) is 54.0 Å². The summed E-state index contributed by atoms with van der Waals surface area (Å²) in [6.45, 7) is 13.1. The van der Waals surface area contributed by atoms with E-state index >= 15 is 0 Å². The maximum Gasteiger partial charge on any atom is 0.163 e. The number of ether oxygens (including phenoxy) is 4. The lowest BCUT2D eigenvalue weighted by atomic mass is 10.0. The fourth-order valence-electron chi connectivity index (χ4n) is 6.65. The van der Waals surface area contributed by atoms with Crippen LogP contribution in [0.3, 0.4) is 0 Å². The van der Waals surface area contributed by atoms with Crippen LogP contribution in [0.15, 0.2) is 24.3 Å². The molecular weight excluding hydrogens is 402 g/mol. The maximum atomic E-state index is 6.54. The van der Waals surface area contributed by atoms with E-state index in [0.29, 0.717) is 22.6 Å². The highest BCUT2D eigenvalue weighted by molar-refractivity contribution is 7.74. The molecule has 0 aromatic heterocycles. The summed E-state index contributed by atoms with van der Waals surface area (Å²) < 4.78 is 25.9. The van der Waals surface area contributed by atoms with Crippen LogP contribution >= 0.6 is 15.8 Å². The first-order chi connectivity index (χ1) is 13.7. The summed E-state index contributed by atoms with van der Waals surface area (Å²) in [6.07, 6.45) is 2.02. The molecule has 1 aromatic rings. The van der Waals surface area contributed by atoms with Crippen LogP contribution in [-0.4, -0.2) is 58.6 Å². The molecule has 29 heavy (non-hydrogen) atoms. The Bertz CT molecular complexity index is 775. The second kappa shape index (κ2) is 6.25. The molecule has 0 saturated carbocycles. The molecule has 10 atom stereocenters. The quantitative estimate of drug-likeness (QED) is 0.581. The van der Waals surface area contributed by atoms with E-state index in [0.717, 1.165) is 0 Å². The van der Waals surface area contributed by atoms with Crippen LogP contribution in [-0.2, 0) is 18.9 Å². The zero-order valence-corrected chi connectivity index (χ0v) is 20.0. The predicted octanol–water partition coefficient (Wildman–Crippen LogP) is 3.89. The molecule has 4 saturated heterocycles. The van der Waals surface area contributed by atoms with Gasteiger partial charge in [-0.15, -0.1) is 0 Å². The first kappa shape index (κ1) is 19.6. The lowest BCUT2D eigenvalue weighted by Gasteiger charge is -2.30. The predicted molar refractivity (Wildman–Crippen MR) is 118 cm³/mol. The topological polar surface area (TPSA) is 36.9 Å². The Hall–Kier alpha value is -0.0800. The second-order valence-corrected chi connectivity index (χ2v) is 15.8. The zero-order chi connectivity index (χ0) is 20.3. The Kier molecular flexibility index (Phi) is 4.22.